The summed E-state index contributed by atoms with van der Waals surface area (Å²) >= 11 is 0. The van der Waals surface area contributed by atoms with E-state index >= 15 is 8.78 Å². The van der Waals surface area contributed by atoms with Crippen LogP contribution in [0.2, 0.25) is 34.8 Å². The number of anilines is 1. The number of hydrogen-bond donors (Lipinski definition) is 0. The average molecular weight is 942 g/mol. The van der Waals surface area contributed by atoms with Crippen LogP contribution in [0.5, 0.6) is 11.8 Å². The first-order valence-corrected chi connectivity index (χ1v) is 29.7. The zero-order valence-electron chi connectivity index (χ0n) is 41.6. The molecule has 0 spiro atoms. The highest BCUT2D eigenvalue weighted by molar-refractivity contribution is 6.90. The molecule has 2 aromatic heterocycles. The minimum atomic E-state index is -2.30. The number of methoxy groups -OCH3 is 1. The van der Waals surface area contributed by atoms with Crippen molar-refractivity contribution in [3.05, 3.63) is 47.2 Å². The molecule has 0 aliphatic carbocycles. The molecule has 0 amide bonds. The predicted molar refractivity (Wildman–Crippen MR) is 266 cm³/mol. The largest absolute Gasteiger partial charge is 0.468 e. The highest BCUT2D eigenvalue weighted by Crippen LogP contribution is 2.47. The van der Waals surface area contributed by atoms with Gasteiger partial charge in [-0.1, -0.05) is 74.3 Å². The molecule has 0 radical (unpaired) electrons. The second-order valence-electron chi connectivity index (χ2n) is 21.9. The third-order valence-corrected chi connectivity index (χ3v) is 26.9. The first-order chi connectivity index (χ1) is 31.3. The topological polar surface area (TPSA) is 91.3 Å². The van der Waals surface area contributed by atoms with Crippen LogP contribution in [0.3, 0.4) is 0 Å². The molecule has 358 valence electrons. The number of fused-ring (bicyclic) bond motifs is 4. The van der Waals surface area contributed by atoms with Crippen molar-refractivity contribution in [1.29, 1.82) is 0 Å². The molecule has 4 aliphatic heterocycles. The molecule has 0 N–H and O–H groups in total. The SMILES string of the molecule is COCOc1cc(-c2nc3c4c(nc(OC[C@@]56CCCN5[C@H](CO[Si](C)(C)C(C)(C)C)CC6)nc4c2F)N2CCCOC[C@@H]2CC3)c2c(C#C[Si](C(C)C)(C(C)C)C(C)C)c(F)ccc2c1. The van der Waals surface area contributed by atoms with E-state index in [1.54, 1.807) is 19.2 Å². The van der Waals surface area contributed by atoms with Gasteiger partial charge in [0, 0.05) is 43.9 Å². The third-order valence-electron chi connectivity index (χ3n) is 16.1. The second kappa shape index (κ2) is 19.0. The van der Waals surface area contributed by atoms with Crippen LogP contribution < -0.4 is 14.4 Å². The Hall–Kier alpha value is -3.72. The summed E-state index contributed by atoms with van der Waals surface area (Å²) in [5.74, 6) is 3.39. The maximum Gasteiger partial charge on any atom is 0.319 e. The van der Waals surface area contributed by atoms with E-state index in [4.69, 9.17) is 38.3 Å². The third kappa shape index (κ3) is 8.90. The number of benzene rings is 2. The van der Waals surface area contributed by atoms with Crippen LogP contribution >= 0.6 is 0 Å². The van der Waals surface area contributed by atoms with Crippen LogP contribution in [0.15, 0.2) is 24.3 Å². The van der Waals surface area contributed by atoms with E-state index in [0.717, 1.165) is 51.7 Å². The molecule has 66 heavy (non-hydrogen) atoms. The Morgan fingerprint density at radius 1 is 0.924 bits per heavy atom. The summed E-state index contributed by atoms with van der Waals surface area (Å²) in [5.41, 5.74) is 6.05. The molecule has 0 unspecified atom stereocenters. The summed E-state index contributed by atoms with van der Waals surface area (Å²) in [6.07, 6.45) is 6.19. The van der Waals surface area contributed by atoms with E-state index in [-0.39, 0.29) is 46.2 Å². The van der Waals surface area contributed by atoms with Crippen LogP contribution in [-0.4, -0.2) is 107 Å². The number of aromatic nitrogens is 3. The summed E-state index contributed by atoms with van der Waals surface area (Å²) in [6, 6.07) is 7.19. The van der Waals surface area contributed by atoms with Gasteiger partial charge in [-0.15, -0.1) is 5.54 Å². The van der Waals surface area contributed by atoms with Gasteiger partial charge < -0.3 is 28.3 Å². The van der Waals surface area contributed by atoms with E-state index < -0.39 is 28.0 Å². The molecule has 3 saturated heterocycles. The van der Waals surface area contributed by atoms with Gasteiger partial charge in [-0.3, -0.25) is 4.90 Å². The lowest BCUT2D eigenvalue weighted by Gasteiger charge is -2.39. The van der Waals surface area contributed by atoms with Crippen molar-refractivity contribution in [2.45, 2.75) is 160 Å². The van der Waals surface area contributed by atoms with Crippen molar-refractivity contribution < 1.29 is 32.2 Å². The van der Waals surface area contributed by atoms with Crippen LogP contribution in [0.4, 0.5) is 14.6 Å². The summed E-state index contributed by atoms with van der Waals surface area (Å²) in [4.78, 5) is 20.2. The van der Waals surface area contributed by atoms with Gasteiger partial charge in [-0.25, -0.2) is 13.8 Å². The number of nitrogens with zero attached hydrogens (tertiary/aromatic N) is 5. The maximum absolute atomic E-state index is 18.1. The standard InChI is InChI=1S/C52H73F2N5O5Si2/c1-33(2)66(34(3)4,35(5)6)26-20-40-42(53)17-15-36-27-39(63-32-60-10)28-41(44(36)40)47-46(54)48-45-43(55-47)18-16-37-29-61-25-14-23-58(37)49(45)57-50(56-48)62-31-52-21-13-24-59(52)38(19-22-52)30-64-65(11,12)51(7,8)9/h15,17,27-28,33-35,37-38H,13-14,16,18-19,21-25,29-32H2,1-12H3/t37-,38-,52-/m0/s1. The monoisotopic (exact) mass is 942 g/mol. The van der Waals surface area contributed by atoms with Gasteiger partial charge >= 0.3 is 6.01 Å². The Labute approximate surface area is 394 Å². The molecule has 3 fully saturated rings. The van der Waals surface area contributed by atoms with Gasteiger partial charge in [0.15, 0.2) is 20.9 Å². The molecule has 4 aromatic rings. The van der Waals surface area contributed by atoms with Crippen LogP contribution in [0.25, 0.3) is 32.9 Å². The van der Waals surface area contributed by atoms with E-state index in [2.05, 4.69) is 96.7 Å². The smallest absolute Gasteiger partial charge is 0.319 e. The fourth-order valence-electron chi connectivity index (χ4n) is 11.5. The first-order valence-electron chi connectivity index (χ1n) is 24.5. The molecule has 0 saturated carbocycles. The normalized spacial score (nSPS) is 21.6. The zero-order valence-corrected chi connectivity index (χ0v) is 43.6. The fourth-order valence-corrected chi connectivity index (χ4v) is 17.8. The summed E-state index contributed by atoms with van der Waals surface area (Å²) in [5, 5.41) is 1.86. The molecular formula is C52H73F2N5O5Si2. The summed E-state index contributed by atoms with van der Waals surface area (Å²) in [6.45, 7) is 28.9. The number of hydrogen-bond acceptors (Lipinski definition) is 10. The first kappa shape index (κ1) is 48.7. The van der Waals surface area contributed by atoms with Gasteiger partial charge in [-0.05, 0) is 110 Å². The Morgan fingerprint density at radius 3 is 2.39 bits per heavy atom. The predicted octanol–water partition coefficient (Wildman–Crippen LogP) is 11.6. The Kier molecular flexibility index (Phi) is 14.0. The van der Waals surface area contributed by atoms with Crippen molar-refractivity contribution in [2.24, 2.45) is 0 Å². The summed E-state index contributed by atoms with van der Waals surface area (Å²) < 4.78 is 65.6. The zero-order chi connectivity index (χ0) is 47.3. The van der Waals surface area contributed by atoms with Crippen molar-refractivity contribution in [1.82, 2.24) is 19.9 Å². The van der Waals surface area contributed by atoms with Crippen molar-refractivity contribution in [3.63, 3.8) is 0 Å². The lowest BCUT2D eigenvalue weighted by Crippen LogP contribution is -2.50. The molecule has 3 atom stereocenters. The van der Waals surface area contributed by atoms with Gasteiger partial charge in [0.1, 0.15) is 43.3 Å². The number of halogens is 2. The summed E-state index contributed by atoms with van der Waals surface area (Å²) in [7, 11) is -2.68. The van der Waals surface area contributed by atoms with Crippen LogP contribution in [0, 0.1) is 23.1 Å². The lowest BCUT2D eigenvalue weighted by molar-refractivity contribution is 0.0512. The van der Waals surface area contributed by atoms with Gasteiger partial charge in [0.25, 0.3) is 0 Å². The molecule has 6 heterocycles. The number of pyridine rings is 1. The molecular weight excluding hydrogens is 869 g/mol. The maximum atomic E-state index is 18.1. The molecule has 14 heteroatoms. The minimum absolute atomic E-state index is 0.00875. The molecule has 2 aromatic carbocycles. The van der Waals surface area contributed by atoms with Crippen molar-refractivity contribution in [3.8, 4) is 34.5 Å². The van der Waals surface area contributed by atoms with Gasteiger partial charge in [0.2, 0.25) is 0 Å². The second-order valence-corrected chi connectivity index (χ2v) is 32.2. The molecule has 4 aliphatic rings. The number of rotatable bonds is 13. The fraction of sp³-hybridized carbons (Fsp3) is 0.635. The van der Waals surface area contributed by atoms with E-state index in [9.17, 15) is 0 Å². The van der Waals surface area contributed by atoms with Crippen molar-refractivity contribution >= 4 is 43.9 Å². The minimum Gasteiger partial charge on any atom is -0.468 e. The quantitative estimate of drug-likeness (QED) is 0.0733. The van der Waals surface area contributed by atoms with E-state index in [0.29, 0.717) is 94.4 Å². The Bertz CT molecular complexity index is 2480. The lowest BCUT2D eigenvalue weighted by atomic mass is 9.95. The highest BCUT2D eigenvalue weighted by atomic mass is 28.4. The van der Waals surface area contributed by atoms with E-state index in [1.807, 2.05) is 6.07 Å². The number of aryl methyl sites for hydroxylation is 1. The van der Waals surface area contributed by atoms with Crippen LogP contribution in [0.1, 0.15) is 112 Å². The highest BCUT2D eigenvalue weighted by Gasteiger charge is 2.51. The Balaban J connectivity index is 1.27. The molecule has 8 rings (SSSR count). The molecule has 10 nitrogen and oxygen atoms in total. The van der Waals surface area contributed by atoms with E-state index in [1.165, 1.54) is 6.07 Å². The van der Waals surface area contributed by atoms with Gasteiger partial charge in [-0.2, -0.15) is 9.97 Å². The Morgan fingerprint density at radius 2 is 1.68 bits per heavy atom. The average Bonchev–Trinajstić information content (AvgIpc) is 3.68. The van der Waals surface area contributed by atoms with Crippen molar-refractivity contribution in [2.75, 3.05) is 58.3 Å². The van der Waals surface area contributed by atoms with Crippen LogP contribution in [-0.2, 0) is 20.3 Å². The number of ether oxygens (including phenoxy) is 4. The molecule has 0 bridgehead atoms. The van der Waals surface area contributed by atoms with Gasteiger partial charge in [0.05, 0.1) is 34.8 Å².